The number of benzene rings is 3. The van der Waals surface area contributed by atoms with E-state index in [4.69, 9.17) is 11.6 Å². The van der Waals surface area contributed by atoms with Crippen molar-refractivity contribution >= 4 is 39.3 Å². The van der Waals surface area contributed by atoms with E-state index < -0.39 is 34.5 Å². The Morgan fingerprint density at radius 3 is 2.18 bits per heavy atom. The van der Waals surface area contributed by atoms with Crippen molar-refractivity contribution in [2.45, 2.75) is 25.9 Å². The number of carbonyl (C=O) groups excluding carboxylic acids is 2. The smallest absolute Gasteiger partial charge is 0.304 e. The van der Waals surface area contributed by atoms with Crippen molar-refractivity contribution in [3.05, 3.63) is 101 Å². The molecule has 0 aliphatic heterocycles. The molecule has 0 unspecified atom stereocenters. The first-order valence-corrected chi connectivity index (χ1v) is 14.1. The molecule has 0 fully saturated rings. The number of carbonyl (C=O) groups is 2. The zero-order valence-corrected chi connectivity index (χ0v) is 23.6. The third-order valence-electron chi connectivity index (χ3n) is 6.00. The molecule has 0 aliphatic carbocycles. The summed E-state index contributed by atoms with van der Waals surface area (Å²) >= 11 is 6.19. The van der Waals surface area contributed by atoms with Gasteiger partial charge < -0.3 is 10.2 Å². The summed E-state index contributed by atoms with van der Waals surface area (Å²) in [5.74, 6) is -1.54. The van der Waals surface area contributed by atoms with E-state index in [1.54, 1.807) is 31.2 Å². The topological polar surface area (TPSA) is 90.0 Å². The van der Waals surface area contributed by atoms with Crippen molar-refractivity contribution in [3.63, 3.8) is 0 Å². The predicted octanol–water partition coefficient (Wildman–Crippen LogP) is 3.87. The number of halogens is 2. The number of anilines is 1. The second-order valence-electron chi connectivity index (χ2n) is 9.02. The summed E-state index contributed by atoms with van der Waals surface area (Å²) in [5.41, 5.74) is 1.61. The molecule has 0 spiro atoms. The highest BCUT2D eigenvalue weighted by Crippen LogP contribution is 2.23. The maximum atomic E-state index is 14.0. The summed E-state index contributed by atoms with van der Waals surface area (Å²) in [5, 5.41) is 3.26. The Labute approximate surface area is 234 Å². The summed E-state index contributed by atoms with van der Waals surface area (Å²) in [6, 6.07) is 20.0. The van der Waals surface area contributed by atoms with Crippen LogP contribution < -0.4 is 9.62 Å². The molecule has 0 saturated carbocycles. The van der Waals surface area contributed by atoms with Crippen LogP contribution in [0.4, 0.5) is 10.1 Å². The Kier molecular flexibility index (Phi) is 10.4. The largest absolute Gasteiger partial charge is 0.355 e. The van der Waals surface area contributed by atoms with Crippen LogP contribution >= 0.6 is 11.6 Å². The summed E-state index contributed by atoms with van der Waals surface area (Å²) in [4.78, 5) is 28.7. The van der Waals surface area contributed by atoms with Gasteiger partial charge in [0.2, 0.25) is 11.8 Å². The second-order valence-corrected chi connectivity index (χ2v) is 11.5. The standard InChI is InChI=1S/C28H32ClFN4O4S/c1-4-31-28(36)26(18-21-9-6-5-7-10-21)33(19-22-11-8-12-23(29)17-22)27(35)20-34(39(37,38)32(2)3)25-15-13-24(30)14-16-25/h5-17,26H,4,18-20H2,1-3H3,(H,31,36)/t26-/m1/s1. The van der Waals surface area contributed by atoms with E-state index in [2.05, 4.69) is 5.32 Å². The Bertz CT molecular complexity index is 1370. The Balaban J connectivity index is 2.07. The molecular weight excluding hydrogens is 543 g/mol. The first-order chi connectivity index (χ1) is 18.5. The number of hydrogen-bond acceptors (Lipinski definition) is 4. The monoisotopic (exact) mass is 574 g/mol. The van der Waals surface area contributed by atoms with E-state index in [0.29, 0.717) is 17.1 Å². The second kappa shape index (κ2) is 13.5. The van der Waals surface area contributed by atoms with Crippen molar-refractivity contribution < 1.29 is 22.4 Å². The third kappa shape index (κ3) is 8.01. The summed E-state index contributed by atoms with van der Waals surface area (Å²) in [6.45, 7) is 1.52. The van der Waals surface area contributed by atoms with E-state index in [9.17, 15) is 22.4 Å². The van der Waals surface area contributed by atoms with Crippen LogP contribution in [-0.4, -0.2) is 62.7 Å². The van der Waals surface area contributed by atoms with Gasteiger partial charge in [-0.15, -0.1) is 0 Å². The summed E-state index contributed by atoms with van der Waals surface area (Å²) in [7, 11) is -1.47. The molecule has 0 aliphatic rings. The van der Waals surface area contributed by atoms with E-state index in [1.807, 2.05) is 30.3 Å². The van der Waals surface area contributed by atoms with E-state index in [-0.39, 0.29) is 24.6 Å². The maximum Gasteiger partial charge on any atom is 0.304 e. The molecule has 0 aromatic heterocycles. The highest BCUT2D eigenvalue weighted by atomic mass is 35.5. The maximum absolute atomic E-state index is 14.0. The zero-order valence-electron chi connectivity index (χ0n) is 22.1. The molecule has 0 radical (unpaired) electrons. The Morgan fingerprint density at radius 2 is 1.59 bits per heavy atom. The summed E-state index contributed by atoms with van der Waals surface area (Å²) < 4.78 is 42.0. The van der Waals surface area contributed by atoms with Gasteiger partial charge in [-0.05, 0) is 54.4 Å². The highest BCUT2D eigenvalue weighted by Gasteiger charge is 2.34. The Morgan fingerprint density at radius 1 is 0.949 bits per heavy atom. The molecule has 208 valence electrons. The average molecular weight is 575 g/mol. The normalized spacial score (nSPS) is 12.2. The van der Waals surface area contributed by atoms with Gasteiger partial charge in [0.1, 0.15) is 18.4 Å². The van der Waals surface area contributed by atoms with Crippen LogP contribution in [0.3, 0.4) is 0 Å². The number of likely N-dealkylation sites (N-methyl/N-ethyl adjacent to an activating group) is 1. The molecule has 11 heteroatoms. The molecule has 0 heterocycles. The molecule has 0 saturated heterocycles. The minimum Gasteiger partial charge on any atom is -0.355 e. The van der Waals surface area contributed by atoms with Crippen molar-refractivity contribution in [3.8, 4) is 0 Å². The Hall–Kier alpha value is -3.47. The average Bonchev–Trinajstić information content (AvgIpc) is 2.90. The van der Waals surface area contributed by atoms with Crippen LogP contribution in [0.2, 0.25) is 5.02 Å². The third-order valence-corrected chi connectivity index (χ3v) is 8.05. The number of rotatable bonds is 12. The highest BCUT2D eigenvalue weighted by molar-refractivity contribution is 7.90. The van der Waals surface area contributed by atoms with Crippen molar-refractivity contribution in [1.82, 2.24) is 14.5 Å². The minimum atomic E-state index is -4.15. The molecule has 1 N–H and O–H groups in total. The number of hydrogen-bond donors (Lipinski definition) is 1. The van der Waals surface area contributed by atoms with Crippen LogP contribution in [0.5, 0.6) is 0 Å². The summed E-state index contributed by atoms with van der Waals surface area (Å²) in [6.07, 6.45) is 0.204. The zero-order chi connectivity index (χ0) is 28.6. The fourth-order valence-electron chi connectivity index (χ4n) is 4.00. The quantitative estimate of drug-likeness (QED) is 0.356. The molecule has 3 aromatic rings. The van der Waals surface area contributed by atoms with E-state index >= 15 is 0 Å². The van der Waals surface area contributed by atoms with Crippen LogP contribution in [0.25, 0.3) is 0 Å². The molecule has 2 amide bonds. The van der Waals surface area contributed by atoms with Crippen LogP contribution in [0, 0.1) is 5.82 Å². The van der Waals surface area contributed by atoms with Gasteiger partial charge in [0.25, 0.3) is 0 Å². The fourth-order valence-corrected chi connectivity index (χ4v) is 5.27. The molecule has 3 aromatic carbocycles. The number of nitrogens with zero attached hydrogens (tertiary/aromatic N) is 3. The van der Waals surface area contributed by atoms with E-state index in [1.165, 1.54) is 31.1 Å². The van der Waals surface area contributed by atoms with Crippen molar-refractivity contribution in [2.24, 2.45) is 0 Å². The fraction of sp³-hybridized carbons (Fsp3) is 0.286. The molecule has 3 rings (SSSR count). The van der Waals surface area contributed by atoms with Gasteiger partial charge in [0, 0.05) is 38.6 Å². The molecule has 8 nitrogen and oxygen atoms in total. The molecule has 1 atom stereocenters. The molecule has 0 bridgehead atoms. The van der Waals surface area contributed by atoms with Gasteiger partial charge in [-0.1, -0.05) is 54.1 Å². The van der Waals surface area contributed by atoms with Gasteiger partial charge in [-0.3, -0.25) is 9.59 Å². The molecule has 39 heavy (non-hydrogen) atoms. The predicted molar refractivity (Wildman–Crippen MR) is 151 cm³/mol. The van der Waals surface area contributed by atoms with Crippen LogP contribution in [0.15, 0.2) is 78.9 Å². The lowest BCUT2D eigenvalue weighted by atomic mass is 10.0. The van der Waals surface area contributed by atoms with E-state index in [0.717, 1.165) is 26.3 Å². The minimum absolute atomic E-state index is 0.00724. The van der Waals surface area contributed by atoms with Gasteiger partial charge >= 0.3 is 10.2 Å². The lowest BCUT2D eigenvalue weighted by Crippen LogP contribution is -2.54. The molecular formula is C28H32ClFN4O4S. The van der Waals surface area contributed by atoms with Crippen molar-refractivity contribution in [2.75, 3.05) is 31.5 Å². The van der Waals surface area contributed by atoms with Gasteiger partial charge in [0.15, 0.2) is 0 Å². The van der Waals surface area contributed by atoms with Crippen molar-refractivity contribution in [1.29, 1.82) is 0 Å². The van der Waals surface area contributed by atoms with Gasteiger partial charge in [0.05, 0.1) is 5.69 Å². The van der Waals surface area contributed by atoms with Crippen LogP contribution in [0.1, 0.15) is 18.1 Å². The lowest BCUT2D eigenvalue weighted by Gasteiger charge is -2.34. The van der Waals surface area contributed by atoms with Crippen LogP contribution in [-0.2, 0) is 32.8 Å². The number of amides is 2. The first kappa shape index (κ1) is 30.1. The number of nitrogens with one attached hydrogen (secondary N) is 1. The van der Waals surface area contributed by atoms with Gasteiger partial charge in [-0.25, -0.2) is 8.70 Å². The lowest BCUT2D eigenvalue weighted by molar-refractivity contribution is -0.140. The van der Waals surface area contributed by atoms with Gasteiger partial charge in [-0.2, -0.15) is 12.7 Å². The first-order valence-electron chi connectivity index (χ1n) is 12.3. The SMILES string of the molecule is CCNC(=O)[C@@H](Cc1ccccc1)N(Cc1cccc(Cl)c1)C(=O)CN(c1ccc(F)cc1)S(=O)(=O)N(C)C.